The number of unbranched alkanes of at least 4 members (excludes halogenated alkanes) is 3. The minimum atomic E-state index is -0.0991. The second-order valence-corrected chi connectivity index (χ2v) is 5.39. The Hall–Kier alpha value is -1.71. The lowest BCUT2D eigenvalue weighted by molar-refractivity contribution is 0.0955. The van der Waals surface area contributed by atoms with E-state index in [0.29, 0.717) is 23.5 Å². The van der Waals surface area contributed by atoms with Crippen molar-refractivity contribution in [2.45, 2.75) is 59.0 Å². The van der Waals surface area contributed by atoms with Gasteiger partial charge in [0.05, 0.1) is 11.8 Å². The molecule has 1 atom stereocenters. The summed E-state index contributed by atoms with van der Waals surface area (Å²) in [4.78, 5) is 11.8. The molecule has 0 bridgehead atoms. The van der Waals surface area contributed by atoms with Crippen LogP contribution in [0.25, 0.3) is 0 Å². The van der Waals surface area contributed by atoms with Gasteiger partial charge in [-0.15, -0.1) is 0 Å². The molecule has 0 aliphatic heterocycles. The number of nitrogens with two attached hydrogens (primary N) is 1. The second kappa shape index (κ2) is 9.27. The van der Waals surface area contributed by atoms with Gasteiger partial charge in [0.2, 0.25) is 0 Å². The molecule has 21 heavy (non-hydrogen) atoms. The van der Waals surface area contributed by atoms with Crippen LogP contribution in [0.15, 0.2) is 18.2 Å². The third-order valence-corrected chi connectivity index (χ3v) is 3.41. The Labute approximate surface area is 128 Å². The molecule has 0 radical (unpaired) electrons. The van der Waals surface area contributed by atoms with Gasteiger partial charge >= 0.3 is 0 Å². The molecule has 118 valence electrons. The van der Waals surface area contributed by atoms with Crippen LogP contribution in [-0.4, -0.2) is 18.6 Å². The van der Waals surface area contributed by atoms with E-state index in [9.17, 15) is 4.79 Å². The van der Waals surface area contributed by atoms with Crippen molar-refractivity contribution in [1.29, 1.82) is 0 Å². The Morgan fingerprint density at radius 2 is 2.05 bits per heavy atom. The Morgan fingerprint density at radius 3 is 2.71 bits per heavy atom. The van der Waals surface area contributed by atoms with Gasteiger partial charge in [-0.2, -0.15) is 0 Å². The Kier molecular flexibility index (Phi) is 7.65. The van der Waals surface area contributed by atoms with Crippen molar-refractivity contribution in [1.82, 2.24) is 5.32 Å². The van der Waals surface area contributed by atoms with Gasteiger partial charge in [0.15, 0.2) is 0 Å². The summed E-state index contributed by atoms with van der Waals surface area (Å²) in [5, 5.41) is 2.77. The monoisotopic (exact) mass is 292 g/mol. The molecule has 1 unspecified atom stereocenters. The van der Waals surface area contributed by atoms with Gasteiger partial charge in [0.25, 0.3) is 5.91 Å². The minimum absolute atomic E-state index is 0.0991. The van der Waals surface area contributed by atoms with E-state index in [1.165, 1.54) is 19.3 Å². The molecular formula is C17H28N2O2. The second-order valence-electron chi connectivity index (χ2n) is 5.39. The highest BCUT2D eigenvalue weighted by molar-refractivity contribution is 5.95. The summed E-state index contributed by atoms with van der Waals surface area (Å²) in [7, 11) is 0. The molecule has 0 heterocycles. The zero-order valence-electron chi connectivity index (χ0n) is 13.4. The Balaban J connectivity index is 2.60. The van der Waals surface area contributed by atoms with Gasteiger partial charge in [0.1, 0.15) is 5.75 Å². The first kappa shape index (κ1) is 17.3. The van der Waals surface area contributed by atoms with Crippen LogP contribution in [0, 0.1) is 0 Å². The summed E-state index contributed by atoms with van der Waals surface area (Å²) < 4.78 is 5.89. The van der Waals surface area contributed by atoms with E-state index in [2.05, 4.69) is 12.2 Å². The summed E-state index contributed by atoms with van der Waals surface area (Å²) >= 11 is 0. The number of hydrogen-bond acceptors (Lipinski definition) is 3. The highest BCUT2D eigenvalue weighted by Crippen LogP contribution is 2.25. The number of amides is 1. The molecule has 4 nitrogen and oxygen atoms in total. The largest absolute Gasteiger partial charge is 0.489 e. The lowest BCUT2D eigenvalue weighted by Gasteiger charge is -2.17. The molecule has 0 aliphatic rings. The molecule has 1 aromatic rings. The summed E-state index contributed by atoms with van der Waals surface area (Å²) in [6, 6.07) is 5.17. The van der Waals surface area contributed by atoms with Crippen LogP contribution in [0.4, 0.5) is 5.69 Å². The van der Waals surface area contributed by atoms with Crippen molar-refractivity contribution in [2.24, 2.45) is 0 Å². The van der Waals surface area contributed by atoms with E-state index in [4.69, 9.17) is 10.5 Å². The molecule has 1 rings (SSSR count). The van der Waals surface area contributed by atoms with Crippen molar-refractivity contribution in [2.75, 3.05) is 12.3 Å². The van der Waals surface area contributed by atoms with E-state index in [-0.39, 0.29) is 12.0 Å². The average molecular weight is 292 g/mol. The van der Waals surface area contributed by atoms with Gasteiger partial charge in [-0.05, 0) is 44.9 Å². The molecule has 0 aromatic heterocycles. The van der Waals surface area contributed by atoms with E-state index < -0.39 is 0 Å². The average Bonchev–Trinajstić information content (AvgIpc) is 2.46. The number of hydrogen-bond donors (Lipinski definition) is 2. The first-order valence-corrected chi connectivity index (χ1v) is 7.92. The first-order valence-electron chi connectivity index (χ1n) is 7.92. The fourth-order valence-electron chi connectivity index (χ4n) is 2.17. The van der Waals surface area contributed by atoms with Gasteiger partial charge in [-0.1, -0.05) is 26.2 Å². The normalized spacial score (nSPS) is 12.0. The minimum Gasteiger partial charge on any atom is -0.489 e. The molecule has 1 aromatic carbocycles. The van der Waals surface area contributed by atoms with E-state index in [0.717, 1.165) is 12.8 Å². The predicted molar refractivity (Wildman–Crippen MR) is 87.7 cm³/mol. The maximum Gasteiger partial charge on any atom is 0.251 e. The van der Waals surface area contributed by atoms with Gasteiger partial charge < -0.3 is 15.8 Å². The van der Waals surface area contributed by atoms with Gasteiger partial charge in [-0.3, -0.25) is 4.79 Å². The standard InChI is InChI=1S/C17H28N2O2/c1-4-6-7-8-9-13(3)21-16-12-14(10-11-15(16)18)17(20)19-5-2/h10-13H,4-9,18H2,1-3H3,(H,19,20). The van der Waals surface area contributed by atoms with Gasteiger partial charge in [-0.25, -0.2) is 0 Å². The van der Waals surface area contributed by atoms with Crippen LogP contribution < -0.4 is 15.8 Å². The summed E-state index contributed by atoms with van der Waals surface area (Å²) in [5.41, 5.74) is 7.09. The maximum atomic E-state index is 11.8. The number of ether oxygens (including phenoxy) is 1. The van der Waals surface area contributed by atoms with Gasteiger partial charge in [0, 0.05) is 12.1 Å². The van der Waals surface area contributed by atoms with Crippen LogP contribution in [0.2, 0.25) is 0 Å². The number of carbonyl (C=O) groups is 1. The number of nitrogens with one attached hydrogen (secondary N) is 1. The molecule has 1 amide bonds. The fraction of sp³-hybridized carbons (Fsp3) is 0.588. The third kappa shape index (κ3) is 6.06. The maximum absolute atomic E-state index is 11.8. The number of benzene rings is 1. The molecule has 4 heteroatoms. The topological polar surface area (TPSA) is 64.3 Å². The predicted octanol–water partition coefficient (Wildman–Crippen LogP) is 3.76. The van der Waals surface area contributed by atoms with Crippen molar-refractivity contribution in [3.05, 3.63) is 23.8 Å². The highest BCUT2D eigenvalue weighted by atomic mass is 16.5. The number of rotatable bonds is 9. The molecule has 3 N–H and O–H groups in total. The van der Waals surface area contributed by atoms with E-state index in [1.54, 1.807) is 18.2 Å². The van der Waals surface area contributed by atoms with Crippen molar-refractivity contribution in [3.63, 3.8) is 0 Å². The van der Waals surface area contributed by atoms with Crippen LogP contribution in [-0.2, 0) is 0 Å². The SMILES string of the molecule is CCCCCCC(C)Oc1cc(C(=O)NCC)ccc1N. The van der Waals surface area contributed by atoms with Crippen molar-refractivity contribution >= 4 is 11.6 Å². The van der Waals surface area contributed by atoms with Crippen LogP contribution in [0.3, 0.4) is 0 Å². The number of anilines is 1. The quantitative estimate of drug-likeness (QED) is 0.538. The Morgan fingerprint density at radius 1 is 1.29 bits per heavy atom. The number of nitrogen functional groups attached to an aromatic ring is 1. The molecule has 0 saturated heterocycles. The van der Waals surface area contributed by atoms with Crippen LogP contribution in [0.1, 0.15) is 63.2 Å². The molecule has 0 aliphatic carbocycles. The smallest absolute Gasteiger partial charge is 0.251 e. The lowest BCUT2D eigenvalue weighted by Crippen LogP contribution is -2.23. The highest BCUT2D eigenvalue weighted by Gasteiger charge is 2.11. The molecular weight excluding hydrogens is 264 g/mol. The fourth-order valence-corrected chi connectivity index (χ4v) is 2.17. The molecule has 0 spiro atoms. The van der Waals surface area contributed by atoms with E-state index in [1.807, 2.05) is 13.8 Å². The lowest BCUT2D eigenvalue weighted by atomic mass is 10.1. The van der Waals surface area contributed by atoms with E-state index >= 15 is 0 Å². The Bertz CT molecular complexity index is 446. The zero-order valence-corrected chi connectivity index (χ0v) is 13.4. The van der Waals surface area contributed by atoms with Crippen LogP contribution in [0.5, 0.6) is 5.75 Å². The van der Waals surface area contributed by atoms with Crippen LogP contribution >= 0.6 is 0 Å². The molecule has 0 fully saturated rings. The molecule has 0 saturated carbocycles. The first-order chi connectivity index (χ1) is 10.1. The summed E-state index contributed by atoms with van der Waals surface area (Å²) in [6.45, 7) is 6.75. The third-order valence-electron chi connectivity index (χ3n) is 3.41. The summed E-state index contributed by atoms with van der Waals surface area (Å²) in [6.07, 6.45) is 6.00. The summed E-state index contributed by atoms with van der Waals surface area (Å²) in [5.74, 6) is 0.500. The van der Waals surface area contributed by atoms with Crippen molar-refractivity contribution < 1.29 is 9.53 Å². The number of carbonyl (C=O) groups excluding carboxylic acids is 1. The zero-order chi connectivity index (χ0) is 15.7. The van der Waals surface area contributed by atoms with Crippen molar-refractivity contribution in [3.8, 4) is 5.75 Å².